The quantitative estimate of drug-likeness (QED) is 0.792. The number of hydrogen-bond donors (Lipinski definition) is 2. The molecule has 1 rings (SSSR count). The van der Waals surface area contributed by atoms with E-state index in [0.29, 0.717) is 6.07 Å². The second-order valence-corrected chi connectivity index (χ2v) is 6.51. The van der Waals surface area contributed by atoms with Crippen LogP contribution in [0, 0.1) is 11.6 Å². The molecule has 1 amide bonds. The molecule has 0 aliphatic rings. The summed E-state index contributed by atoms with van der Waals surface area (Å²) in [6, 6.07) is 0.664. The second kappa shape index (κ2) is 6.77. The molecule has 3 N–H and O–H groups in total. The predicted octanol–water partition coefficient (Wildman–Crippen LogP) is 1.14. The van der Waals surface area contributed by atoms with Crippen LogP contribution < -0.4 is 10.5 Å². The zero-order valence-electron chi connectivity index (χ0n) is 11.1. The molecule has 0 spiro atoms. The lowest BCUT2D eigenvalue weighted by Crippen LogP contribution is -2.33. The van der Waals surface area contributed by atoms with Crippen molar-refractivity contribution in [2.24, 2.45) is 5.14 Å². The Morgan fingerprint density at radius 1 is 1.52 bits per heavy atom. The molecule has 0 fully saturated rings. The molecule has 1 aromatic rings. The topological polar surface area (TPSA) is 98.5 Å². The SMILES string of the molecule is COC(C)CNC(=O)c1c(F)cc(Br)c(S(N)(=O)=O)c1F. The highest BCUT2D eigenvalue weighted by Crippen LogP contribution is 2.28. The minimum Gasteiger partial charge on any atom is -0.380 e. The summed E-state index contributed by atoms with van der Waals surface area (Å²) in [4.78, 5) is 10.8. The lowest BCUT2D eigenvalue weighted by atomic mass is 10.2. The maximum absolute atomic E-state index is 14.1. The van der Waals surface area contributed by atoms with E-state index in [2.05, 4.69) is 21.2 Å². The monoisotopic (exact) mass is 386 g/mol. The third kappa shape index (κ3) is 4.19. The Hall–Kier alpha value is -1.10. The summed E-state index contributed by atoms with van der Waals surface area (Å²) in [7, 11) is -3.07. The van der Waals surface area contributed by atoms with E-state index in [4.69, 9.17) is 9.88 Å². The highest BCUT2D eigenvalue weighted by Gasteiger charge is 2.28. The number of carbonyl (C=O) groups excluding carboxylic acids is 1. The average molecular weight is 387 g/mol. The van der Waals surface area contributed by atoms with Crippen LogP contribution in [0.1, 0.15) is 17.3 Å². The fourth-order valence-corrected chi connectivity index (χ4v) is 3.18. The van der Waals surface area contributed by atoms with E-state index in [1.165, 1.54) is 7.11 Å². The van der Waals surface area contributed by atoms with Gasteiger partial charge in [0, 0.05) is 18.1 Å². The van der Waals surface area contributed by atoms with Gasteiger partial charge in [-0.05, 0) is 28.9 Å². The van der Waals surface area contributed by atoms with Crippen LogP contribution in [-0.4, -0.2) is 34.1 Å². The van der Waals surface area contributed by atoms with Gasteiger partial charge < -0.3 is 10.1 Å². The van der Waals surface area contributed by atoms with Gasteiger partial charge >= 0.3 is 0 Å². The molecule has 1 atom stereocenters. The third-order valence-electron chi connectivity index (χ3n) is 2.59. The van der Waals surface area contributed by atoms with Crippen LogP contribution >= 0.6 is 15.9 Å². The molecule has 0 saturated heterocycles. The van der Waals surface area contributed by atoms with Crippen LogP contribution in [0.3, 0.4) is 0 Å². The average Bonchev–Trinajstić information content (AvgIpc) is 2.33. The molecule has 118 valence electrons. The third-order valence-corrected chi connectivity index (χ3v) is 4.45. The highest BCUT2D eigenvalue weighted by atomic mass is 79.9. The zero-order chi connectivity index (χ0) is 16.4. The molecule has 1 aromatic carbocycles. The fraction of sp³-hybridized carbons (Fsp3) is 0.364. The van der Waals surface area contributed by atoms with Crippen molar-refractivity contribution in [1.82, 2.24) is 5.32 Å². The summed E-state index contributed by atoms with van der Waals surface area (Å²) >= 11 is 2.70. The van der Waals surface area contributed by atoms with E-state index in [-0.39, 0.29) is 12.6 Å². The number of rotatable bonds is 5. The van der Waals surface area contributed by atoms with E-state index < -0.39 is 42.5 Å². The molecule has 10 heteroatoms. The highest BCUT2D eigenvalue weighted by molar-refractivity contribution is 9.10. The van der Waals surface area contributed by atoms with Crippen LogP contribution in [0.15, 0.2) is 15.4 Å². The Morgan fingerprint density at radius 2 is 2.10 bits per heavy atom. The predicted molar refractivity (Wildman–Crippen MR) is 74.2 cm³/mol. The van der Waals surface area contributed by atoms with Crippen molar-refractivity contribution in [3.05, 3.63) is 27.7 Å². The summed E-state index contributed by atoms with van der Waals surface area (Å²) in [6.45, 7) is 1.62. The number of ether oxygens (including phenoxy) is 1. The Balaban J connectivity index is 3.28. The Bertz CT molecular complexity index is 667. The van der Waals surface area contributed by atoms with Gasteiger partial charge in [-0.25, -0.2) is 22.3 Å². The Kier molecular flexibility index (Phi) is 5.79. The number of primary sulfonamides is 1. The fourth-order valence-electron chi connectivity index (χ4n) is 1.45. The molecule has 0 heterocycles. The van der Waals surface area contributed by atoms with Crippen molar-refractivity contribution in [1.29, 1.82) is 0 Å². The van der Waals surface area contributed by atoms with E-state index >= 15 is 0 Å². The number of sulfonamides is 1. The van der Waals surface area contributed by atoms with Crippen LogP contribution in [0.4, 0.5) is 8.78 Å². The van der Waals surface area contributed by atoms with Crippen molar-refractivity contribution >= 4 is 31.9 Å². The lowest BCUT2D eigenvalue weighted by molar-refractivity contribution is 0.0862. The molecule has 0 aliphatic carbocycles. The maximum atomic E-state index is 14.1. The Morgan fingerprint density at radius 3 is 2.57 bits per heavy atom. The van der Waals surface area contributed by atoms with E-state index in [9.17, 15) is 22.0 Å². The summed E-state index contributed by atoms with van der Waals surface area (Å²) < 4.78 is 54.9. The van der Waals surface area contributed by atoms with Crippen LogP contribution in [0.5, 0.6) is 0 Å². The number of benzene rings is 1. The lowest BCUT2D eigenvalue weighted by Gasteiger charge is -2.13. The minimum atomic E-state index is -4.47. The molecule has 0 aliphatic heterocycles. The number of nitrogens with one attached hydrogen (secondary N) is 1. The molecule has 0 saturated carbocycles. The summed E-state index contributed by atoms with van der Waals surface area (Å²) in [5.41, 5.74) is -1.02. The first-order chi connectivity index (χ1) is 9.59. The molecule has 0 bridgehead atoms. The van der Waals surface area contributed by atoms with E-state index in [1.54, 1.807) is 6.92 Å². The minimum absolute atomic E-state index is 0.00497. The molecule has 21 heavy (non-hydrogen) atoms. The largest absolute Gasteiger partial charge is 0.380 e. The van der Waals surface area contributed by atoms with E-state index in [1.807, 2.05) is 0 Å². The number of hydrogen-bond acceptors (Lipinski definition) is 4. The van der Waals surface area contributed by atoms with Crippen LogP contribution in [0.25, 0.3) is 0 Å². The molecular formula is C11H13BrF2N2O4S. The van der Waals surface area contributed by atoms with Gasteiger partial charge in [0.1, 0.15) is 16.3 Å². The van der Waals surface area contributed by atoms with Crippen molar-refractivity contribution in [2.75, 3.05) is 13.7 Å². The van der Waals surface area contributed by atoms with Gasteiger partial charge in [-0.2, -0.15) is 0 Å². The first-order valence-electron chi connectivity index (χ1n) is 5.60. The van der Waals surface area contributed by atoms with Gasteiger partial charge in [0.2, 0.25) is 10.0 Å². The molecule has 6 nitrogen and oxygen atoms in total. The van der Waals surface area contributed by atoms with Gasteiger partial charge in [-0.3, -0.25) is 4.79 Å². The smallest absolute Gasteiger partial charge is 0.257 e. The normalized spacial score (nSPS) is 13.0. The first kappa shape index (κ1) is 18.0. The maximum Gasteiger partial charge on any atom is 0.257 e. The van der Waals surface area contributed by atoms with Crippen LogP contribution in [-0.2, 0) is 14.8 Å². The number of methoxy groups -OCH3 is 1. The van der Waals surface area contributed by atoms with Crippen molar-refractivity contribution in [3.63, 3.8) is 0 Å². The summed E-state index contributed by atoms with van der Waals surface area (Å²) in [5, 5.41) is 7.08. The van der Waals surface area contributed by atoms with Crippen molar-refractivity contribution < 1.29 is 26.7 Å². The summed E-state index contributed by atoms with van der Waals surface area (Å²) in [5.74, 6) is -3.87. The standard InChI is InChI=1S/C11H13BrF2N2O4S/c1-5(20-2)4-16-11(17)8-7(13)3-6(12)10(9(8)14)21(15,18)19/h3,5H,4H2,1-2H3,(H,16,17)(H2,15,18,19). The van der Waals surface area contributed by atoms with Gasteiger partial charge in [0.05, 0.1) is 6.10 Å². The first-order valence-corrected chi connectivity index (χ1v) is 7.94. The number of amides is 1. The van der Waals surface area contributed by atoms with Gasteiger partial charge in [0.25, 0.3) is 5.91 Å². The van der Waals surface area contributed by atoms with E-state index in [0.717, 1.165) is 0 Å². The molecule has 1 unspecified atom stereocenters. The van der Waals surface area contributed by atoms with Gasteiger partial charge in [-0.1, -0.05) is 0 Å². The van der Waals surface area contributed by atoms with Crippen molar-refractivity contribution in [3.8, 4) is 0 Å². The second-order valence-electron chi connectivity index (χ2n) is 4.16. The molecule has 0 radical (unpaired) electrons. The number of halogens is 3. The Labute approximate surface area is 128 Å². The zero-order valence-corrected chi connectivity index (χ0v) is 13.5. The molecule has 0 aromatic heterocycles. The number of carbonyl (C=O) groups is 1. The van der Waals surface area contributed by atoms with Crippen LogP contribution in [0.2, 0.25) is 0 Å². The summed E-state index contributed by atoms with van der Waals surface area (Å²) in [6.07, 6.45) is -0.381. The number of nitrogens with two attached hydrogens (primary N) is 1. The molecular weight excluding hydrogens is 374 g/mol. The van der Waals surface area contributed by atoms with Crippen molar-refractivity contribution in [2.45, 2.75) is 17.9 Å². The van der Waals surface area contributed by atoms with Gasteiger partial charge in [0.15, 0.2) is 5.82 Å². The van der Waals surface area contributed by atoms with Gasteiger partial charge in [-0.15, -0.1) is 0 Å².